The fourth-order valence-electron chi connectivity index (χ4n) is 3.27. The molecule has 3 N–H and O–H groups in total. The number of aliphatic imine (C=N–C) groups is 1. The number of halogens is 1. The van der Waals surface area contributed by atoms with Crippen molar-refractivity contribution in [3.63, 3.8) is 0 Å². The van der Waals surface area contributed by atoms with E-state index in [1.165, 1.54) is 13.0 Å². The summed E-state index contributed by atoms with van der Waals surface area (Å²) in [7, 11) is 1.79. The van der Waals surface area contributed by atoms with E-state index < -0.39 is 5.60 Å². The summed E-state index contributed by atoms with van der Waals surface area (Å²) >= 11 is 0. The first kappa shape index (κ1) is 27.2. The quantitative estimate of drug-likeness (QED) is 0.265. The number of hydrogen-bond donors (Lipinski definition) is 3. The summed E-state index contributed by atoms with van der Waals surface area (Å²) in [5.41, 5.74) is -0.488. The average Bonchev–Trinajstić information content (AvgIpc) is 2.58. The number of nitrogens with one attached hydrogen (secondary N) is 3. The minimum Gasteiger partial charge on any atom is -0.444 e. The van der Waals surface area contributed by atoms with E-state index >= 15 is 0 Å². The van der Waals surface area contributed by atoms with Crippen molar-refractivity contribution in [3.8, 4) is 0 Å². The van der Waals surface area contributed by atoms with Crippen molar-refractivity contribution in [2.24, 2.45) is 4.99 Å². The normalized spacial score (nSPS) is 17.4. The van der Waals surface area contributed by atoms with Gasteiger partial charge in [-0.2, -0.15) is 0 Å². The highest BCUT2D eigenvalue weighted by atomic mass is 127. The largest absolute Gasteiger partial charge is 0.444 e. The third kappa shape index (κ3) is 11.9. The van der Waals surface area contributed by atoms with Crippen LogP contribution in [0.25, 0.3) is 0 Å². The van der Waals surface area contributed by atoms with E-state index in [9.17, 15) is 4.79 Å². The minimum absolute atomic E-state index is 0. The second kappa shape index (κ2) is 14.3. The van der Waals surface area contributed by atoms with Crippen LogP contribution in [0.5, 0.6) is 0 Å². The molecule has 1 fully saturated rings. The molecule has 1 heterocycles. The molecule has 1 aliphatic heterocycles. The number of amides is 1. The summed E-state index contributed by atoms with van der Waals surface area (Å²) in [4.78, 5) is 18.9. The second-order valence-electron chi connectivity index (χ2n) is 8.35. The van der Waals surface area contributed by atoms with E-state index in [1.807, 2.05) is 20.8 Å². The lowest BCUT2D eigenvalue weighted by Crippen LogP contribution is -2.52. The lowest BCUT2D eigenvalue weighted by Gasteiger charge is -2.33. The van der Waals surface area contributed by atoms with Crippen LogP contribution in [-0.2, 0) is 4.74 Å². The molecule has 8 heteroatoms. The Bertz CT molecular complexity index is 460. The SMILES string of the molecule is CCCC(CNC(=NC)NC1CCN(CCC)CC1)NC(=O)OC(C)(C)C.I. The highest BCUT2D eigenvalue weighted by Crippen LogP contribution is 2.10. The molecule has 1 saturated heterocycles. The number of ether oxygens (including phenoxy) is 1. The highest BCUT2D eigenvalue weighted by Gasteiger charge is 2.21. The zero-order valence-electron chi connectivity index (χ0n) is 18.6. The molecular weight excluding hydrogens is 469 g/mol. The topological polar surface area (TPSA) is 78.0 Å². The van der Waals surface area contributed by atoms with Crippen molar-refractivity contribution in [2.45, 2.75) is 84.4 Å². The van der Waals surface area contributed by atoms with Crippen LogP contribution in [0.1, 0.15) is 66.7 Å². The molecule has 1 atom stereocenters. The summed E-state index contributed by atoms with van der Waals surface area (Å²) < 4.78 is 5.37. The number of likely N-dealkylation sites (tertiary alicyclic amines) is 1. The lowest BCUT2D eigenvalue weighted by atomic mass is 10.1. The zero-order valence-corrected chi connectivity index (χ0v) is 21.0. The van der Waals surface area contributed by atoms with Gasteiger partial charge in [0.25, 0.3) is 0 Å². The standard InChI is InChI=1S/C20H41N5O2.HI/c1-7-9-17(24-19(26)27-20(3,4)5)15-22-18(21-6)23-16-10-13-25(12-8-2)14-11-16;/h16-17H,7-15H2,1-6H3,(H,24,26)(H2,21,22,23);1H. The van der Waals surface area contributed by atoms with E-state index in [0.717, 1.165) is 44.7 Å². The Labute approximate surface area is 188 Å². The van der Waals surface area contributed by atoms with E-state index in [0.29, 0.717) is 12.6 Å². The summed E-state index contributed by atoms with van der Waals surface area (Å²) in [5, 5.41) is 9.85. The van der Waals surface area contributed by atoms with Gasteiger partial charge in [-0.1, -0.05) is 20.3 Å². The van der Waals surface area contributed by atoms with Gasteiger partial charge < -0.3 is 25.6 Å². The van der Waals surface area contributed by atoms with Crippen molar-refractivity contribution >= 4 is 36.0 Å². The van der Waals surface area contributed by atoms with E-state index in [4.69, 9.17) is 4.74 Å². The van der Waals surface area contributed by atoms with Gasteiger partial charge in [0.1, 0.15) is 5.60 Å². The predicted molar refractivity (Wildman–Crippen MR) is 128 cm³/mol. The monoisotopic (exact) mass is 511 g/mol. The van der Waals surface area contributed by atoms with Crippen molar-refractivity contribution in [1.29, 1.82) is 0 Å². The Morgan fingerprint density at radius 1 is 1.21 bits per heavy atom. The predicted octanol–water partition coefficient (Wildman–Crippen LogP) is 3.34. The molecule has 0 spiro atoms. The number of nitrogens with zero attached hydrogens (tertiary/aromatic N) is 2. The molecule has 0 aromatic heterocycles. The molecule has 0 bridgehead atoms. The molecule has 0 radical (unpaired) electrons. The first-order chi connectivity index (χ1) is 12.8. The van der Waals surface area contributed by atoms with Crippen LogP contribution in [0.3, 0.4) is 0 Å². The van der Waals surface area contributed by atoms with Crippen LogP contribution >= 0.6 is 24.0 Å². The van der Waals surface area contributed by atoms with Crippen molar-refractivity contribution in [3.05, 3.63) is 0 Å². The van der Waals surface area contributed by atoms with Gasteiger partial charge >= 0.3 is 6.09 Å². The third-order valence-electron chi connectivity index (χ3n) is 4.57. The van der Waals surface area contributed by atoms with Crippen molar-refractivity contribution in [1.82, 2.24) is 20.9 Å². The summed E-state index contributed by atoms with van der Waals surface area (Å²) in [5.74, 6) is 0.802. The molecule has 0 aromatic rings. The minimum atomic E-state index is -0.488. The summed E-state index contributed by atoms with van der Waals surface area (Å²) in [6, 6.07) is 0.461. The summed E-state index contributed by atoms with van der Waals surface area (Å²) in [6.07, 6.45) is 4.99. The molecular formula is C20H42IN5O2. The molecule has 0 aromatic carbocycles. The van der Waals surface area contributed by atoms with Crippen LogP contribution < -0.4 is 16.0 Å². The number of alkyl carbamates (subject to hydrolysis) is 1. The van der Waals surface area contributed by atoms with Crippen LogP contribution in [0.15, 0.2) is 4.99 Å². The van der Waals surface area contributed by atoms with Crippen molar-refractivity contribution < 1.29 is 9.53 Å². The van der Waals surface area contributed by atoms with Crippen LogP contribution in [0, 0.1) is 0 Å². The molecule has 1 rings (SSSR count). The van der Waals surface area contributed by atoms with Gasteiger partial charge in [0.05, 0.1) is 0 Å². The molecule has 1 amide bonds. The first-order valence-electron chi connectivity index (χ1n) is 10.5. The maximum absolute atomic E-state index is 12.0. The first-order valence-corrected chi connectivity index (χ1v) is 10.5. The number of guanidine groups is 1. The fraction of sp³-hybridized carbons (Fsp3) is 0.900. The maximum atomic E-state index is 12.0. The van der Waals surface area contributed by atoms with E-state index in [2.05, 4.69) is 39.7 Å². The highest BCUT2D eigenvalue weighted by molar-refractivity contribution is 14.0. The number of carbonyl (C=O) groups excluding carboxylic acids is 1. The van der Waals surface area contributed by atoms with E-state index in [-0.39, 0.29) is 36.1 Å². The van der Waals surface area contributed by atoms with Gasteiger partial charge in [-0.05, 0) is 53.0 Å². The smallest absolute Gasteiger partial charge is 0.407 e. The second-order valence-corrected chi connectivity index (χ2v) is 8.35. The lowest BCUT2D eigenvalue weighted by molar-refractivity contribution is 0.0502. The Morgan fingerprint density at radius 2 is 1.86 bits per heavy atom. The Balaban J connectivity index is 0.00000729. The maximum Gasteiger partial charge on any atom is 0.407 e. The van der Waals surface area contributed by atoms with Gasteiger partial charge in [0, 0.05) is 38.8 Å². The van der Waals surface area contributed by atoms with Crippen molar-refractivity contribution in [2.75, 3.05) is 33.2 Å². The molecule has 0 aliphatic carbocycles. The molecule has 28 heavy (non-hydrogen) atoms. The molecule has 7 nitrogen and oxygen atoms in total. The number of carbonyl (C=O) groups is 1. The van der Waals surface area contributed by atoms with Gasteiger partial charge in [-0.3, -0.25) is 4.99 Å². The van der Waals surface area contributed by atoms with Crippen LogP contribution in [0.4, 0.5) is 4.79 Å². The Kier molecular flexibility index (Phi) is 13.9. The molecule has 166 valence electrons. The van der Waals surface area contributed by atoms with Gasteiger partial charge in [0.15, 0.2) is 5.96 Å². The number of rotatable bonds is 8. The molecule has 1 unspecified atom stereocenters. The third-order valence-corrected chi connectivity index (χ3v) is 4.57. The van der Waals surface area contributed by atoms with Gasteiger partial charge in [-0.25, -0.2) is 4.79 Å². The number of hydrogen-bond acceptors (Lipinski definition) is 4. The number of piperidine rings is 1. The summed E-state index contributed by atoms with van der Waals surface area (Å²) in [6.45, 7) is 14.1. The molecule has 1 aliphatic rings. The van der Waals surface area contributed by atoms with Gasteiger partial charge in [0.2, 0.25) is 0 Å². The zero-order chi connectivity index (χ0) is 20.3. The fourth-order valence-corrected chi connectivity index (χ4v) is 3.27. The molecule has 0 saturated carbocycles. The van der Waals surface area contributed by atoms with Gasteiger partial charge in [-0.15, -0.1) is 24.0 Å². The van der Waals surface area contributed by atoms with Crippen LogP contribution in [0.2, 0.25) is 0 Å². The Morgan fingerprint density at radius 3 is 2.36 bits per heavy atom. The Hall–Kier alpha value is -0.770. The van der Waals surface area contributed by atoms with E-state index in [1.54, 1.807) is 7.05 Å². The average molecular weight is 511 g/mol. The van der Waals surface area contributed by atoms with Crippen LogP contribution in [-0.4, -0.2) is 67.9 Å².